The lowest BCUT2D eigenvalue weighted by atomic mass is 10.0. The van der Waals surface area contributed by atoms with E-state index >= 15 is 0 Å². The Balaban J connectivity index is 2.06. The van der Waals surface area contributed by atoms with E-state index < -0.39 is 0 Å². The van der Waals surface area contributed by atoms with Crippen molar-refractivity contribution in [1.82, 2.24) is 9.30 Å². The molecule has 2 aromatic rings. The zero-order valence-electron chi connectivity index (χ0n) is 9.38. The van der Waals surface area contributed by atoms with Gasteiger partial charge in [0, 0.05) is 36.3 Å². The number of aromatic nitrogens is 1. The van der Waals surface area contributed by atoms with Crippen LogP contribution in [-0.2, 0) is 0 Å². The van der Waals surface area contributed by atoms with Gasteiger partial charge in [-0.15, -0.1) is 0 Å². The number of allylic oxidation sites excluding steroid dienone is 2. The first-order chi connectivity index (χ1) is 8.43. The number of pyridine rings is 1. The summed E-state index contributed by atoms with van der Waals surface area (Å²) in [6.07, 6.45) is 15.2. The fourth-order valence-electron chi connectivity index (χ4n) is 2.60. The SMILES string of the molecule is C1=CCN2C=Cc3c(cn4ccccc34)C2=C1. The fraction of sp³-hybridized carbons (Fsp3) is 0.0667. The summed E-state index contributed by atoms with van der Waals surface area (Å²) >= 11 is 0. The van der Waals surface area contributed by atoms with Gasteiger partial charge >= 0.3 is 0 Å². The van der Waals surface area contributed by atoms with Crippen LogP contribution < -0.4 is 0 Å². The van der Waals surface area contributed by atoms with E-state index in [1.807, 2.05) is 0 Å². The van der Waals surface area contributed by atoms with Gasteiger partial charge in [0.1, 0.15) is 0 Å². The monoisotopic (exact) mass is 220 g/mol. The van der Waals surface area contributed by atoms with Crippen molar-refractivity contribution >= 4 is 17.3 Å². The highest BCUT2D eigenvalue weighted by Crippen LogP contribution is 2.34. The summed E-state index contributed by atoms with van der Waals surface area (Å²) in [6.45, 7) is 0.966. The topological polar surface area (TPSA) is 7.65 Å². The molecule has 0 fully saturated rings. The van der Waals surface area contributed by atoms with E-state index in [1.54, 1.807) is 0 Å². The Labute approximate surface area is 99.8 Å². The van der Waals surface area contributed by atoms with Crippen LogP contribution in [0.3, 0.4) is 0 Å². The summed E-state index contributed by atoms with van der Waals surface area (Å²) in [5.41, 5.74) is 5.22. The maximum absolute atomic E-state index is 2.28. The molecule has 0 saturated carbocycles. The lowest BCUT2D eigenvalue weighted by Gasteiger charge is -2.27. The van der Waals surface area contributed by atoms with Crippen LogP contribution in [0.2, 0.25) is 0 Å². The van der Waals surface area contributed by atoms with E-state index in [9.17, 15) is 0 Å². The molecular formula is C15H12N2. The van der Waals surface area contributed by atoms with Crippen LogP contribution in [0.25, 0.3) is 17.3 Å². The molecule has 2 aliphatic rings. The van der Waals surface area contributed by atoms with E-state index in [1.165, 1.54) is 22.3 Å². The van der Waals surface area contributed by atoms with Crippen LogP contribution >= 0.6 is 0 Å². The van der Waals surface area contributed by atoms with Crippen LogP contribution in [-0.4, -0.2) is 15.8 Å². The highest BCUT2D eigenvalue weighted by atomic mass is 15.1. The fourth-order valence-corrected chi connectivity index (χ4v) is 2.60. The second-order valence-corrected chi connectivity index (χ2v) is 4.40. The third-order valence-corrected chi connectivity index (χ3v) is 3.42. The molecule has 0 radical (unpaired) electrons. The summed E-state index contributed by atoms with van der Waals surface area (Å²) in [4.78, 5) is 2.28. The summed E-state index contributed by atoms with van der Waals surface area (Å²) < 4.78 is 2.19. The van der Waals surface area contributed by atoms with E-state index in [2.05, 4.69) is 70.4 Å². The molecule has 2 nitrogen and oxygen atoms in total. The molecular weight excluding hydrogens is 208 g/mol. The molecule has 0 aromatic carbocycles. The van der Waals surface area contributed by atoms with Gasteiger partial charge in [-0.2, -0.15) is 0 Å². The van der Waals surface area contributed by atoms with E-state index in [-0.39, 0.29) is 0 Å². The maximum atomic E-state index is 2.28. The van der Waals surface area contributed by atoms with Gasteiger partial charge in [-0.1, -0.05) is 18.2 Å². The molecule has 4 heterocycles. The van der Waals surface area contributed by atoms with Crippen LogP contribution in [0.15, 0.2) is 55.0 Å². The molecule has 2 heteroatoms. The van der Waals surface area contributed by atoms with E-state index in [4.69, 9.17) is 0 Å². The third kappa shape index (κ3) is 1.15. The van der Waals surface area contributed by atoms with Gasteiger partial charge in [0.15, 0.2) is 0 Å². The lowest BCUT2D eigenvalue weighted by Crippen LogP contribution is -2.19. The van der Waals surface area contributed by atoms with Crippen LogP contribution in [0, 0.1) is 0 Å². The zero-order valence-corrected chi connectivity index (χ0v) is 9.38. The number of hydrogen-bond donors (Lipinski definition) is 0. The molecule has 0 unspecified atom stereocenters. The van der Waals surface area contributed by atoms with Crippen LogP contribution in [0.1, 0.15) is 11.1 Å². The Morgan fingerprint density at radius 3 is 3.18 bits per heavy atom. The quantitative estimate of drug-likeness (QED) is 0.662. The highest BCUT2D eigenvalue weighted by Gasteiger charge is 2.20. The number of fused-ring (bicyclic) bond motifs is 5. The van der Waals surface area contributed by atoms with Gasteiger partial charge in [0.25, 0.3) is 0 Å². The van der Waals surface area contributed by atoms with Crippen molar-refractivity contribution in [3.05, 3.63) is 66.1 Å². The minimum Gasteiger partial charge on any atom is -0.344 e. The predicted octanol–water partition coefficient (Wildman–Crippen LogP) is 3.14. The second kappa shape index (κ2) is 3.14. The number of rotatable bonds is 0. The van der Waals surface area contributed by atoms with Crippen molar-refractivity contribution < 1.29 is 0 Å². The molecule has 0 bridgehead atoms. The molecule has 0 atom stereocenters. The second-order valence-electron chi connectivity index (χ2n) is 4.40. The molecule has 0 spiro atoms. The first kappa shape index (κ1) is 8.88. The van der Waals surface area contributed by atoms with Gasteiger partial charge in [-0.25, -0.2) is 0 Å². The Hall–Kier alpha value is -2.22. The molecule has 0 saturated heterocycles. The van der Waals surface area contributed by atoms with E-state index in [0.29, 0.717) is 0 Å². The number of hydrogen-bond acceptors (Lipinski definition) is 1. The van der Waals surface area contributed by atoms with Crippen LogP contribution in [0.4, 0.5) is 0 Å². The van der Waals surface area contributed by atoms with Gasteiger partial charge in [-0.3, -0.25) is 0 Å². The van der Waals surface area contributed by atoms with Crippen molar-refractivity contribution in [2.45, 2.75) is 0 Å². The van der Waals surface area contributed by atoms with Crippen LogP contribution in [0.5, 0.6) is 0 Å². The summed E-state index contributed by atoms with van der Waals surface area (Å²) in [7, 11) is 0. The largest absolute Gasteiger partial charge is 0.344 e. The normalized spacial score (nSPS) is 16.9. The van der Waals surface area contributed by atoms with Gasteiger partial charge in [-0.05, 0) is 24.3 Å². The highest BCUT2D eigenvalue weighted by molar-refractivity contribution is 5.87. The average molecular weight is 220 g/mol. The van der Waals surface area contributed by atoms with Crippen molar-refractivity contribution in [2.24, 2.45) is 0 Å². The summed E-state index contributed by atoms with van der Waals surface area (Å²) in [6, 6.07) is 6.32. The summed E-state index contributed by atoms with van der Waals surface area (Å²) in [5, 5.41) is 0. The van der Waals surface area contributed by atoms with Crippen molar-refractivity contribution in [2.75, 3.05) is 6.54 Å². The molecule has 0 aliphatic carbocycles. The predicted molar refractivity (Wildman–Crippen MR) is 70.3 cm³/mol. The van der Waals surface area contributed by atoms with Crippen molar-refractivity contribution in [3.63, 3.8) is 0 Å². The Bertz CT molecular complexity index is 686. The van der Waals surface area contributed by atoms with Crippen molar-refractivity contribution in [3.8, 4) is 0 Å². The summed E-state index contributed by atoms with van der Waals surface area (Å²) in [5.74, 6) is 0. The number of nitrogens with zero attached hydrogens (tertiary/aromatic N) is 2. The van der Waals surface area contributed by atoms with Gasteiger partial charge in [0.2, 0.25) is 0 Å². The maximum Gasteiger partial charge on any atom is 0.0529 e. The zero-order chi connectivity index (χ0) is 11.2. The van der Waals surface area contributed by atoms with Gasteiger partial charge < -0.3 is 9.30 Å². The van der Waals surface area contributed by atoms with E-state index in [0.717, 1.165) is 6.54 Å². The minimum absolute atomic E-state index is 0.966. The minimum atomic E-state index is 0.966. The molecule has 0 N–H and O–H groups in total. The van der Waals surface area contributed by atoms with Crippen molar-refractivity contribution in [1.29, 1.82) is 0 Å². The Morgan fingerprint density at radius 2 is 2.18 bits per heavy atom. The molecule has 0 amide bonds. The smallest absolute Gasteiger partial charge is 0.0529 e. The average Bonchev–Trinajstić information content (AvgIpc) is 2.78. The third-order valence-electron chi connectivity index (χ3n) is 3.42. The molecule has 17 heavy (non-hydrogen) atoms. The first-order valence-corrected chi connectivity index (χ1v) is 5.85. The molecule has 2 aromatic heterocycles. The lowest BCUT2D eigenvalue weighted by molar-refractivity contribution is 0.587. The molecule has 82 valence electrons. The molecule has 2 aliphatic heterocycles. The standard InChI is InChI=1S/C15H12N2/c1-3-8-16-10-7-12-13(15(16)6-1)11-17-9-4-2-5-14(12)17/h1-7,9-11H,8H2. The Morgan fingerprint density at radius 1 is 1.18 bits per heavy atom. The molecule has 4 rings (SSSR count). The first-order valence-electron chi connectivity index (χ1n) is 5.85. The van der Waals surface area contributed by atoms with Gasteiger partial charge in [0.05, 0.1) is 11.2 Å². The Kier molecular flexibility index (Phi) is 1.64.